The molecule has 3 heterocycles. The number of hydrogen-bond acceptors (Lipinski definition) is 3. The number of piperidine rings is 1. The van der Waals surface area contributed by atoms with Gasteiger partial charge in [0.1, 0.15) is 0 Å². The number of nitrogens with zero attached hydrogens (tertiary/aromatic N) is 2. The monoisotopic (exact) mass is 402 g/mol. The van der Waals surface area contributed by atoms with E-state index in [-0.39, 0.29) is 23.8 Å². The molecule has 0 unspecified atom stereocenters. The summed E-state index contributed by atoms with van der Waals surface area (Å²) in [6.45, 7) is 4.19. The van der Waals surface area contributed by atoms with Crippen molar-refractivity contribution in [3.8, 4) is 0 Å². The number of likely N-dealkylation sites (tertiary alicyclic amines) is 1. The maximum absolute atomic E-state index is 13.1. The molecule has 6 heteroatoms. The molecule has 1 aromatic heterocycles. The molecule has 2 amide bonds. The molecule has 2 aliphatic heterocycles. The van der Waals surface area contributed by atoms with Gasteiger partial charge >= 0.3 is 0 Å². The van der Waals surface area contributed by atoms with E-state index in [0.29, 0.717) is 23.7 Å². The van der Waals surface area contributed by atoms with Crippen LogP contribution in [0.4, 0.5) is 0 Å². The zero-order valence-corrected chi connectivity index (χ0v) is 16.9. The highest BCUT2D eigenvalue weighted by atomic mass is 35.5. The average molecular weight is 403 g/mol. The topological polar surface area (TPSA) is 40.6 Å². The van der Waals surface area contributed by atoms with Crippen LogP contribution in [0.15, 0.2) is 35.7 Å². The van der Waals surface area contributed by atoms with Crippen LogP contribution in [0.1, 0.15) is 46.6 Å². The number of fused-ring (bicyclic) bond motifs is 1. The van der Waals surface area contributed by atoms with E-state index in [1.54, 1.807) is 35.6 Å². The summed E-state index contributed by atoms with van der Waals surface area (Å²) in [4.78, 5) is 31.0. The zero-order valence-electron chi connectivity index (χ0n) is 15.4. The van der Waals surface area contributed by atoms with Gasteiger partial charge in [-0.1, -0.05) is 11.6 Å². The number of thiophene rings is 1. The minimum atomic E-state index is 0.0157. The zero-order chi connectivity index (χ0) is 19.0. The highest BCUT2D eigenvalue weighted by molar-refractivity contribution is 7.10. The van der Waals surface area contributed by atoms with Crippen LogP contribution in [0.2, 0.25) is 5.02 Å². The molecule has 2 aliphatic rings. The van der Waals surface area contributed by atoms with Crippen LogP contribution in [-0.4, -0.2) is 41.2 Å². The summed E-state index contributed by atoms with van der Waals surface area (Å²) < 4.78 is 0. The number of benzene rings is 1. The van der Waals surface area contributed by atoms with Crippen molar-refractivity contribution in [1.29, 1.82) is 0 Å². The molecule has 0 spiro atoms. The van der Waals surface area contributed by atoms with Gasteiger partial charge in [0.25, 0.3) is 5.91 Å². The van der Waals surface area contributed by atoms with Gasteiger partial charge in [-0.05, 0) is 67.5 Å². The van der Waals surface area contributed by atoms with Crippen LogP contribution in [0, 0.1) is 5.92 Å². The number of halogens is 1. The molecular formula is C21H23ClN2O2S. The Morgan fingerprint density at radius 1 is 1.07 bits per heavy atom. The van der Waals surface area contributed by atoms with Gasteiger partial charge in [0.2, 0.25) is 5.91 Å². The Morgan fingerprint density at radius 2 is 1.78 bits per heavy atom. The molecule has 2 aromatic rings. The van der Waals surface area contributed by atoms with Gasteiger partial charge in [-0.3, -0.25) is 9.59 Å². The van der Waals surface area contributed by atoms with Gasteiger partial charge < -0.3 is 9.80 Å². The molecule has 0 aliphatic carbocycles. The van der Waals surface area contributed by atoms with Gasteiger partial charge in [0.15, 0.2) is 0 Å². The maximum atomic E-state index is 13.1. The number of carbonyl (C=O) groups is 2. The molecule has 0 radical (unpaired) electrons. The van der Waals surface area contributed by atoms with Gasteiger partial charge in [-0.15, -0.1) is 11.3 Å². The summed E-state index contributed by atoms with van der Waals surface area (Å²) in [7, 11) is 0. The second-order valence-corrected chi connectivity index (χ2v) is 8.77. The van der Waals surface area contributed by atoms with E-state index in [0.717, 1.165) is 25.8 Å². The van der Waals surface area contributed by atoms with Crippen molar-refractivity contribution in [2.45, 2.75) is 32.2 Å². The Kier molecular flexibility index (Phi) is 5.24. The maximum Gasteiger partial charge on any atom is 0.253 e. The van der Waals surface area contributed by atoms with Crippen LogP contribution in [0.25, 0.3) is 0 Å². The van der Waals surface area contributed by atoms with Crippen molar-refractivity contribution in [3.05, 3.63) is 56.7 Å². The lowest BCUT2D eigenvalue weighted by molar-refractivity contribution is -0.139. The Bertz CT molecular complexity index is 840. The largest absolute Gasteiger partial charge is 0.339 e. The first-order valence-electron chi connectivity index (χ1n) is 9.46. The van der Waals surface area contributed by atoms with E-state index in [1.165, 1.54) is 10.4 Å². The van der Waals surface area contributed by atoms with Crippen molar-refractivity contribution < 1.29 is 9.59 Å². The normalized spacial score (nSPS) is 20.4. The van der Waals surface area contributed by atoms with Crippen molar-refractivity contribution in [2.75, 3.05) is 19.6 Å². The van der Waals surface area contributed by atoms with E-state index in [1.807, 2.05) is 9.80 Å². The predicted octanol–water partition coefficient (Wildman–Crippen LogP) is 4.40. The fourth-order valence-corrected chi connectivity index (χ4v) is 5.24. The van der Waals surface area contributed by atoms with Crippen molar-refractivity contribution in [1.82, 2.24) is 9.80 Å². The van der Waals surface area contributed by atoms with E-state index in [4.69, 9.17) is 11.6 Å². The molecule has 4 rings (SSSR count). The third kappa shape index (κ3) is 3.63. The molecule has 4 nitrogen and oxygen atoms in total. The molecule has 1 fully saturated rings. The Morgan fingerprint density at radius 3 is 2.48 bits per heavy atom. The SMILES string of the molecule is C[C@@H]1c2ccsc2CCN1C(=O)C1CCN(C(=O)c2ccc(Cl)cc2)CC1. The predicted molar refractivity (Wildman–Crippen MR) is 108 cm³/mol. The van der Waals surface area contributed by atoms with E-state index < -0.39 is 0 Å². The van der Waals surface area contributed by atoms with E-state index in [9.17, 15) is 9.59 Å². The van der Waals surface area contributed by atoms with Gasteiger partial charge in [-0.25, -0.2) is 0 Å². The van der Waals surface area contributed by atoms with Crippen LogP contribution in [-0.2, 0) is 11.2 Å². The standard InChI is InChI=1S/C21H23ClN2O2S/c1-14-18-9-13-27-19(18)8-12-24(14)21(26)16-6-10-23(11-7-16)20(25)15-2-4-17(22)5-3-15/h2-5,9,13-14,16H,6-8,10-12H2,1H3/t14-/m1/s1. The van der Waals surface area contributed by atoms with Crippen molar-refractivity contribution in [3.63, 3.8) is 0 Å². The lowest BCUT2D eigenvalue weighted by Gasteiger charge is -2.38. The molecule has 1 saturated heterocycles. The lowest BCUT2D eigenvalue weighted by Crippen LogP contribution is -2.46. The van der Waals surface area contributed by atoms with E-state index in [2.05, 4.69) is 18.4 Å². The summed E-state index contributed by atoms with van der Waals surface area (Å²) >= 11 is 7.69. The summed E-state index contributed by atoms with van der Waals surface area (Å²) in [6.07, 6.45) is 2.42. The van der Waals surface area contributed by atoms with Crippen molar-refractivity contribution >= 4 is 34.8 Å². The number of amides is 2. The van der Waals surface area contributed by atoms with Crippen LogP contribution >= 0.6 is 22.9 Å². The first-order valence-corrected chi connectivity index (χ1v) is 10.7. The molecule has 1 atom stereocenters. The van der Waals surface area contributed by atoms with Crippen LogP contribution in [0.3, 0.4) is 0 Å². The quantitative estimate of drug-likeness (QED) is 0.747. The summed E-state index contributed by atoms with van der Waals surface area (Å²) in [5, 5.41) is 2.75. The molecule has 0 bridgehead atoms. The number of carbonyl (C=O) groups excluding carboxylic acids is 2. The second-order valence-electron chi connectivity index (χ2n) is 7.33. The Labute approximate surface area is 168 Å². The molecule has 1 aromatic carbocycles. The highest BCUT2D eigenvalue weighted by Gasteiger charge is 2.35. The van der Waals surface area contributed by atoms with Crippen LogP contribution < -0.4 is 0 Å². The van der Waals surface area contributed by atoms with E-state index >= 15 is 0 Å². The van der Waals surface area contributed by atoms with Crippen LogP contribution in [0.5, 0.6) is 0 Å². The third-order valence-corrected chi connectivity index (χ3v) is 7.03. The number of hydrogen-bond donors (Lipinski definition) is 0. The Balaban J connectivity index is 1.37. The fourth-order valence-electron chi connectivity index (χ4n) is 4.15. The number of rotatable bonds is 2. The first kappa shape index (κ1) is 18.5. The van der Waals surface area contributed by atoms with Gasteiger partial charge in [0.05, 0.1) is 6.04 Å². The molecule has 27 heavy (non-hydrogen) atoms. The first-order chi connectivity index (χ1) is 13.0. The fraction of sp³-hybridized carbons (Fsp3) is 0.429. The molecule has 142 valence electrons. The van der Waals surface area contributed by atoms with Gasteiger partial charge in [0, 0.05) is 41.0 Å². The third-order valence-electron chi connectivity index (χ3n) is 5.78. The smallest absolute Gasteiger partial charge is 0.253 e. The highest BCUT2D eigenvalue weighted by Crippen LogP contribution is 2.34. The minimum Gasteiger partial charge on any atom is -0.339 e. The summed E-state index contributed by atoms with van der Waals surface area (Å²) in [6, 6.07) is 9.30. The Hall–Kier alpha value is -1.85. The minimum absolute atomic E-state index is 0.0157. The van der Waals surface area contributed by atoms with Crippen molar-refractivity contribution in [2.24, 2.45) is 5.92 Å². The summed E-state index contributed by atoms with van der Waals surface area (Å²) in [5.74, 6) is 0.284. The molecule has 0 N–H and O–H groups in total. The average Bonchev–Trinajstić information content (AvgIpc) is 3.18. The summed E-state index contributed by atoms with van der Waals surface area (Å²) in [5.41, 5.74) is 1.95. The molecule has 0 saturated carbocycles. The lowest BCUT2D eigenvalue weighted by atomic mass is 9.92. The van der Waals surface area contributed by atoms with Gasteiger partial charge in [-0.2, -0.15) is 0 Å². The second kappa shape index (κ2) is 7.64. The molecular weight excluding hydrogens is 380 g/mol.